The van der Waals surface area contributed by atoms with E-state index >= 15 is 0 Å². The van der Waals surface area contributed by atoms with Crippen molar-refractivity contribution in [2.75, 3.05) is 18.9 Å². The lowest BCUT2D eigenvalue weighted by atomic mass is 9.93. The second kappa shape index (κ2) is 6.52. The van der Waals surface area contributed by atoms with Crippen LogP contribution in [-0.2, 0) is 10.0 Å². The molecule has 1 aliphatic carbocycles. The average molecular weight is 333 g/mol. The summed E-state index contributed by atoms with van der Waals surface area (Å²) in [5.74, 6) is 0. The number of rotatable bonds is 6. The summed E-state index contributed by atoms with van der Waals surface area (Å²) >= 11 is 6.00. The summed E-state index contributed by atoms with van der Waals surface area (Å²) in [7, 11) is -3.61. The highest BCUT2D eigenvalue weighted by molar-refractivity contribution is 7.89. The second-order valence-corrected chi connectivity index (χ2v) is 7.69. The molecule has 21 heavy (non-hydrogen) atoms. The molecule has 0 saturated heterocycles. The Kier molecular flexibility index (Phi) is 5.14. The average Bonchev–Trinajstić information content (AvgIpc) is 2.37. The molecule has 0 bridgehead atoms. The lowest BCUT2D eigenvalue weighted by molar-refractivity contribution is 0.198. The van der Waals surface area contributed by atoms with Gasteiger partial charge in [0, 0.05) is 19.2 Å². The van der Waals surface area contributed by atoms with E-state index in [1.807, 2.05) is 0 Å². The van der Waals surface area contributed by atoms with Gasteiger partial charge in [-0.05, 0) is 43.9 Å². The van der Waals surface area contributed by atoms with Crippen LogP contribution in [0.5, 0.6) is 0 Å². The normalized spacial score (nSPS) is 16.2. The van der Waals surface area contributed by atoms with Crippen LogP contribution >= 0.6 is 11.6 Å². The van der Waals surface area contributed by atoms with Gasteiger partial charge >= 0.3 is 0 Å². The van der Waals surface area contributed by atoms with Crippen molar-refractivity contribution >= 4 is 27.3 Å². The summed E-state index contributed by atoms with van der Waals surface area (Å²) in [5, 5.41) is 9.38. The van der Waals surface area contributed by atoms with E-state index in [-0.39, 0.29) is 23.2 Å². The van der Waals surface area contributed by atoms with Crippen LogP contribution in [0.1, 0.15) is 31.2 Å². The fourth-order valence-electron chi connectivity index (χ4n) is 2.45. The van der Waals surface area contributed by atoms with Gasteiger partial charge in [0.25, 0.3) is 0 Å². The third-order valence-corrected chi connectivity index (χ3v) is 6.33. The maximum absolute atomic E-state index is 12.8. The lowest BCUT2D eigenvalue weighted by Gasteiger charge is -2.36. The summed E-state index contributed by atoms with van der Waals surface area (Å²) in [6.07, 6.45) is 3.20. The molecule has 0 aliphatic heterocycles. The lowest BCUT2D eigenvalue weighted by Crippen LogP contribution is -2.44. The minimum atomic E-state index is -3.61. The van der Waals surface area contributed by atoms with E-state index in [0.29, 0.717) is 23.6 Å². The van der Waals surface area contributed by atoms with Gasteiger partial charge in [0.15, 0.2) is 0 Å². The number of anilines is 1. The predicted octanol–water partition coefficient (Wildman–Crippen LogP) is 2.16. The first-order chi connectivity index (χ1) is 9.87. The van der Waals surface area contributed by atoms with Crippen molar-refractivity contribution in [3.8, 4) is 0 Å². The minimum absolute atomic E-state index is 0.0266. The zero-order chi connectivity index (χ0) is 15.6. The van der Waals surface area contributed by atoms with Gasteiger partial charge < -0.3 is 10.8 Å². The van der Waals surface area contributed by atoms with Crippen molar-refractivity contribution in [2.24, 2.45) is 0 Å². The molecule has 1 aliphatic rings. The van der Waals surface area contributed by atoms with Crippen LogP contribution in [0.15, 0.2) is 17.0 Å². The van der Waals surface area contributed by atoms with Crippen molar-refractivity contribution in [1.29, 1.82) is 0 Å². The Morgan fingerprint density at radius 1 is 1.43 bits per heavy atom. The van der Waals surface area contributed by atoms with Crippen LogP contribution in [0.2, 0.25) is 5.02 Å². The molecule has 0 unspecified atom stereocenters. The van der Waals surface area contributed by atoms with E-state index < -0.39 is 10.0 Å². The molecule has 0 amide bonds. The molecule has 1 aromatic rings. The Morgan fingerprint density at radius 2 is 2.10 bits per heavy atom. The van der Waals surface area contributed by atoms with Crippen LogP contribution in [0.25, 0.3) is 0 Å². The predicted molar refractivity (Wildman–Crippen MR) is 83.8 cm³/mol. The van der Waals surface area contributed by atoms with Gasteiger partial charge in [-0.1, -0.05) is 18.0 Å². The number of benzene rings is 1. The maximum Gasteiger partial charge on any atom is 0.243 e. The summed E-state index contributed by atoms with van der Waals surface area (Å²) in [6, 6.07) is 2.99. The third-order valence-electron chi connectivity index (χ3n) is 3.88. The molecular formula is C14H21ClN2O3S. The number of hydrogen-bond acceptors (Lipinski definition) is 4. The Balaban J connectivity index is 2.37. The number of nitrogen functional groups attached to an aromatic ring is 1. The van der Waals surface area contributed by atoms with Gasteiger partial charge in [0.1, 0.15) is 0 Å². The first-order valence-corrected chi connectivity index (χ1v) is 8.88. The van der Waals surface area contributed by atoms with E-state index in [9.17, 15) is 8.42 Å². The van der Waals surface area contributed by atoms with Gasteiger partial charge in [-0.15, -0.1) is 0 Å². The zero-order valence-electron chi connectivity index (χ0n) is 12.0. The number of sulfonamides is 1. The van der Waals surface area contributed by atoms with Crippen molar-refractivity contribution in [2.45, 2.75) is 43.5 Å². The molecule has 2 rings (SSSR count). The molecule has 7 heteroatoms. The highest BCUT2D eigenvalue weighted by Gasteiger charge is 2.34. The van der Waals surface area contributed by atoms with Gasteiger partial charge in [-0.25, -0.2) is 8.42 Å². The molecule has 5 nitrogen and oxygen atoms in total. The topological polar surface area (TPSA) is 83.6 Å². The molecule has 1 fully saturated rings. The number of nitrogens with zero attached hydrogens (tertiary/aromatic N) is 1. The number of nitrogens with two attached hydrogens (primary N) is 1. The maximum atomic E-state index is 12.8. The van der Waals surface area contributed by atoms with E-state index in [0.717, 1.165) is 19.3 Å². The van der Waals surface area contributed by atoms with Gasteiger partial charge in [0.2, 0.25) is 10.0 Å². The third kappa shape index (κ3) is 3.34. The monoisotopic (exact) mass is 332 g/mol. The molecule has 0 heterocycles. The first-order valence-electron chi connectivity index (χ1n) is 7.06. The molecule has 0 aromatic heterocycles. The van der Waals surface area contributed by atoms with E-state index in [1.54, 1.807) is 13.0 Å². The number of halogens is 1. The van der Waals surface area contributed by atoms with Crippen molar-refractivity contribution in [3.05, 3.63) is 22.7 Å². The van der Waals surface area contributed by atoms with Gasteiger partial charge in [-0.3, -0.25) is 0 Å². The van der Waals surface area contributed by atoms with Crippen LogP contribution in [0.3, 0.4) is 0 Å². The summed E-state index contributed by atoms with van der Waals surface area (Å²) in [6.45, 7) is 2.03. The molecular weight excluding hydrogens is 312 g/mol. The standard InChI is InChI=1S/C14H21ClN2O3S/c1-10-8-12(9-13(16)14(10)15)21(19,20)17(6-3-7-18)11-4-2-5-11/h8-9,11,18H,2-7,16H2,1H3. The zero-order valence-corrected chi connectivity index (χ0v) is 13.6. The summed E-state index contributed by atoms with van der Waals surface area (Å²) < 4.78 is 27.2. The number of aliphatic hydroxyl groups excluding tert-OH is 1. The van der Waals surface area contributed by atoms with E-state index in [4.69, 9.17) is 22.4 Å². The molecule has 0 spiro atoms. The van der Waals surface area contributed by atoms with Crippen LogP contribution < -0.4 is 5.73 Å². The molecule has 0 atom stereocenters. The fourth-order valence-corrected chi connectivity index (χ4v) is 4.40. The van der Waals surface area contributed by atoms with E-state index in [1.165, 1.54) is 10.4 Å². The van der Waals surface area contributed by atoms with Crippen LogP contribution in [-0.4, -0.2) is 37.0 Å². The van der Waals surface area contributed by atoms with E-state index in [2.05, 4.69) is 0 Å². The first kappa shape index (κ1) is 16.5. The highest BCUT2D eigenvalue weighted by atomic mass is 35.5. The SMILES string of the molecule is Cc1cc(S(=O)(=O)N(CCCO)C2CCC2)cc(N)c1Cl. The summed E-state index contributed by atoms with van der Waals surface area (Å²) in [4.78, 5) is 0.173. The smallest absolute Gasteiger partial charge is 0.243 e. The number of aliphatic hydroxyl groups is 1. The Hall–Kier alpha value is -0.820. The number of hydrogen-bond donors (Lipinski definition) is 2. The van der Waals surface area contributed by atoms with Gasteiger partial charge in [-0.2, -0.15) is 4.31 Å². The van der Waals surface area contributed by atoms with Crippen molar-refractivity contribution in [3.63, 3.8) is 0 Å². The minimum Gasteiger partial charge on any atom is -0.397 e. The molecule has 0 radical (unpaired) electrons. The number of aryl methyl sites for hydroxylation is 1. The molecule has 1 aromatic carbocycles. The van der Waals surface area contributed by atoms with Crippen LogP contribution in [0, 0.1) is 6.92 Å². The van der Waals surface area contributed by atoms with Crippen molar-refractivity contribution < 1.29 is 13.5 Å². The van der Waals surface area contributed by atoms with Gasteiger partial charge in [0.05, 0.1) is 15.6 Å². The second-order valence-electron chi connectivity index (χ2n) is 5.42. The Morgan fingerprint density at radius 3 is 2.57 bits per heavy atom. The molecule has 1 saturated carbocycles. The highest BCUT2D eigenvalue weighted by Crippen LogP contribution is 2.33. The largest absolute Gasteiger partial charge is 0.397 e. The molecule has 118 valence electrons. The van der Waals surface area contributed by atoms with Crippen molar-refractivity contribution in [1.82, 2.24) is 4.31 Å². The Labute approximate surface area is 130 Å². The fraction of sp³-hybridized carbons (Fsp3) is 0.571. The quantitative estimate of drug-likeness (QED) is 0.782. The molecule has 3 N–H and O–H groups in total. The summed E-state index contributed by atoms with van der Waals surface area (Å²) in [5.41, 5.74) is 6.70. The Bertz CT molecular complexity index is 592. The van der Waals surface area contributed by atoms with Crippen LogP contribution in [0.4, 0.5) is 5.69 Å².